The highest BCUT2D eigenvalue weighted by Crippen LogP contribution is 2.26. The molecule has 0 aliphatic rings. The van der Waals surface area contributed by atoms with Crippen LogP contribution in [-0.2, 0) is 4.74 Å². The molecule has 0 aliphatic heterocycles. The number of esters is 1. The molecule has 0 saturated carbocycles. The second-order valence-corrected chi connectivity index (χ2v) is 4.27. The Morgan fingerprint density at radius 3 is 2.45 bits per heavy atom. The first-order valence-corrected chi connectivity index (χ1v) is 6.01. The van der Waals surface area contributed by atoms with Gasteiger partial charge in [0.05, 0.1) is 19.8 Å². The molecule has 0 N–H and O–H groups in total. The van der Waals surface area contributed by atoms with Gasteiger partial charge in [0.1, 0.15) is 5.75 Å². The van der Waals surface area contributed by atoms with Crippen molar-refractivity contribution >= 4 is 23.4 Å². The summed E-state index contributed by atoms with van der Waals surface area (Å²) in [7, 11) is 2.67. The van der Waals surface area contributed by atoms with E-state index in [-0.39, 0.29) is 17.1 Å². The van der Waals surface area contributed by atoms with E-state index < -0.39 is 11.8 Å². The van der Waals surface area contributed by atoms with E-state index in [0.717, 1.165) is 0 Å². The third kappa shape index (κ3) is 2.67. The zero-order valence-corrected chi connectivity index (χ0v) is 11.6. The molecule has 0 atom stereocenters. The number of furan rings is 1. The molecule has 0 fully saturated rings. The molecule has 0 unspecified atom stereocenters. The van der Waals surface area contributed by atoms with Crippen molar-refractivity contribution in [2.24, 2.45) is 0 Å². The Morgan fingerprint density at radius 1 is 1.10 bits per heavy atom. The Bertz CT molecular complexity index is 659. The van der Waals surface area contributed by atoms with Crippen molar-refractivity contribution < 1.29 is 23.5 Å². The summed E-state index contributed by atoms with van der Waals surface area (Å²) >= 11 is 5.87. The van der Waals surface area contributed by atoms with Crippen LogP contribution in [0.1, 0.15) is 26.7 Å². The smallest absolute Gasteiger partial charge is 0.373 e. The minimum Gasteiger partial charge on any atom is -0.496 e. The fraction of sp³-hybridized carbons (Fsp3) is 0.143. The average Bonchev–Trinajstić information content (AvgIpc) is 2.95. The third-order valence-electron chi connectivity index (χ3n) is 2.62. The molecule has 20 heavy (non-hydrogen) atoms. The predicted octanol–water partition coefficient (Wildman–Crippen LogP) is 2.96. The zero-order valence-electron chi connectivity index (χ0n) is 10.8. The van der Waals surface area contributed by atoms with E-state index in [2.05, 4.69) is 4.74 Å². The first kappa shape index (κ1) is 14.1. The molecule has 0 aliphatic carbocycles. The molecule has 0 radical (unpaired) electrons. The molecule has 0 spiro atoms. The first-order chi connectivity index (χ1) is 9.56. The second-order valence-electron chi connectivity index (χ2n) is 3.83. The number of carbonyl (C=O) groups excluding carboxylic acids is 2. The molecule has 0 saturated heterocycles. The number of hydrogen-bond donors (Lipinski definition) is 0. The van der Waals surface area contributed by atoms with Crippen LogP contribution in [0.5, 0.6) is 5.75 Å². The van der Waals surface area contributed by atoms with Gasteiger partial charge < -0.3 is 13.9 Å². The summed E-state index contributed by atoms with van der Waals surface area (Å²) in [6.07, 6.45) is 0. The third-order valence-corrected chi connectivity index (χ3v) is 2.86. The van der Waals surface area contributed by atoms with E-state index in [0.29, 0.717) is 10.8 Å². The minimum atomic E-state index is -0.651. The fourth-order valence-electron chi connectivity index (χ4n) is 1.66. The van der Waals surface area contributed by atoms with Gasteiger partial charge >= 0.3 is 5.97 Å². The van der Waals surface area contributed by atoms with Gasteiger partial charge in [0.25, 0.3) is 0 Å². The van der Waals surface area contributed by atoms with E-state index in [4.69, 9.17) is 20.8 Å². The summed E-state index contributed by atoms with van der Waals surface area (Å²) in [5.74, 6) is -0.750. The lowest BCUT2D eigenvalue weighted by Gasteiger charge is -2.06. The normalized spacial score (nSPS) is 10.2. The monoisotopic (exact) mass is 294 g/mol. The van der Waals surface area contributed by atoms with Gasteiger partial charge in [0, 0.05) is 5.02 Å². The summed E-state index contributed by atoms with van der Waals surface area (Å²) < 4.78 is 14.8. The van der Waals surface area contributed by atoms with E-state index in [9.17, 15) is 9.59 Å². The van der Waals surface area contributed by atoms with Crippen molar-refractivity contribution in [3.8, 4) is 5.75 Å². The molecular formula is C14H11ClO5. The Morgan fingerprint density at radius 2 is 1.80 bits per heavy atom. The Labute approximate surface area is 120 Å². The van der Waals surface area contributed by atoms with E-state index in [1.807, 2.05) is 0 Å². The Hall–Kier alpha value is -2.27. The maximum Gasteiger partial charge on any atom is 0.373 e. The lowest BCUT2D eigenvalue weighted by molar-refractivity contribution is 0.0563. The number of ether oxygens (including phenoxy) is 2. The molecule has 0 bridgehead atoms. The van der Waals surface area contributed by atoms with Crippen molar-refractivity contribution in [2.75, 3.05) is 14.2 Å². The van der Waals surface area contributed by atoms with Crippen LogP contribution >= 0.6 is 11.6 Å². The van der Waals surface area contributed by atoms with Gasteiger partial charge in [-0.1, -0.05) is 11.6 Å². The molecule has 1 aromatic heterocycles. The molecule has 0 amide bonds. The van der Waals surface area contributed by atoms with Crippen molar-refractivity contribution in [3.05, 3.63) is 52.4 Å². The molecule has 2 rings (SSSR count). The SMILES string of the molecule is COC(=O)c1ccc(C(=O)c2cc(Cl)ccc2OC)o1. The summed E-state index contributed by atoms with van der Waals surface area (Å²) in [5, 5.41) is 0.397. The molecule has 1 heterocycles. The first-order valence-electron chi connectivity index (χ1n) is 5.63. The highest BCUT2D eigenvalue weighted by Gasteiger charge is 2.20. The van der Waals surface area contributed by atoms with Crippen LogP contribution in [0.25, 0.3) is 0 Å². The van der Waals surface area contributed by atoms with Crippen molar-refractivity contribution in [3.63, 3.8) is 0 Å². The zero-order chi connectivity index (χ0) is 14.7. The van der Waals surface area contributed by atoms with Crippen LogP contribution in [0, 0.1) is 0 Å². The van der Waals surface area contributed by atoms with Gasteiger partial charge in [-0.05, 0) is 30.3 Å². The topological polar surface area (TPSA) is 65.7 Å². The number of carbonyl (C=O) groups is 2. The number of methoxy groups -OCH3 is 2. The van der Waals surface area contributed by atoms with E-state index in [1.54, 1.807) is 12.1 Å². The summed E-state index contributed by atoms with van der Waals surface area (Å²) in [5.41, 5.74) is 0.255. The molecule has 5 nitrogen and oxygen atoms in total. The molecule has 6 heteroatoms. The lowest BCUT2D eigenvalue weighted by Crippen LogP contribution is -2.03. The fourth-order valence-corrected chi connectivity index (χ4v) is 1.83. The van der Waals surface area contributed by atoms with Crippen molar-refractivity contribution in [2.45, 2.75) is 0 Å². The molecule has 2 aromatic rings. The average molecular weight is 295 g/mol. The van der Waals surface area contributed by atoms with Gasteiger partial charge in [-0.25, -0.2) is 4.79 Å². The standard InChI is InChI=1S/C14H11ClO5/c1-18-10-4-3-8(15)7-9(10)13(16)11-5-6-12(20-11)14(17)19-2/h3-7H,1-2H3. The summed E-state index contributed by atoms with van der Waals surface area (Å²) in [6.45, 7) is 0. The highest BCUT2D eigenvalue weighted by atomic mass is 35.5. The Balaban J connectivity index is 2.38. The van der Waals surface area contributed by atoms with Gasteiger partial charge in [-0.15, -0.1) is 0 Å². The van der Waals surface area contributed by atoms with Gasteiger partial charge in [0.15, 0.2) is 5.76 Å². The van der Waals surface area contributed by atoms with Gasteiger partial charge in [0.2, 0.25) is 11.5 Å². The van der Waals surface area contributed by atoms with E-state index >= 15 is 0 Å². The Kier molecular flexibility index (Phi) is 4.10. The van der Waals surface area contributed by atoms with Crippen molar-refractivity contribution in [1.29, 1.82) is 0 Å². The van der Waals surface area contributed by atoms with Crippen LogP contribution in [0.4, 0.5) is 0 Å². The maximum absolute atomic E-state index is 12.3. The van der Waals surface area contributed by atoms with Gasteiger partial charge in [-0.2, -0.15) is 0 Å². The maximum atomic E-state index is 12.3. The predicted molar refractivity (Wildman–Crippen MR) is 71.5 cm³/mol. The van der Waals surface area contributed by atoms with Crippen LogP contribution in [0.15, 0.2) is 34.7 Å². The number of hydrogen-bond acceptors (Lipinski definition) is 5. The number of halogens is 1. The van der Waals surface area contributed by atoms with Crippen LogP contribution < -0.4 is 4.74 Å². The highest BCUT2D eigenvalue weighted by molar-refractivity contribution is 6.31. The second kappa shape index (κ2) is 5.79. The van der Waals surface area contributed by atoms with Crippen LogP contribution in [0.3, 0.4) is 0 Å². The molecule has 104 valence electrons. The number of benzene rings is 1. The lowest BCUT2D eigenvalue weighted by atomic mass is 10.1. The van der Waals surface area contributed by atoms with Crippen LogP contribution in [0.2, 0.25) is 5.02 Å². The van der Waals surface area contributed by atoms with Gasteiger partial charge in [-0.3, -0.25) is 4.79 Å². The van der Waals surface area contributed by atoms with Crippen molar-refractivity contribution in [1.82, 2.24) is 0 Å². The molecular weight excluding hydrogens is 284 g/mol. The van der Waals surface area contributed by atoms with Crippen LogP contribution in [-0.4, -0.2) is 26.0 Å². The largest absolute Gasteiger partial charge is 0.496 e. The summed E-state index contributed by atoms with van der Waals surface area (Å²) in [6, 6.07) is 7.44. The van der Waals surface area contributed by atoms with E-state index in [1.165, 1.54) is 32.4 Å². The molecule has 1 aromatic carbocycles. The number of rotatable bonds is 4. The quantitative estimate of drug-likeness (QED) is 0.640. The minimum absolute atomic E-state index is 0.00552. The summed E-state index contributed by atoms with van der Waals surface area (Å²) in [4.78, 5) is 23.6. The number of ketones is 1.